The van der Waals surface area contributed by atoms with Crippen LogP contribution in [-0.2, 0) is 6.18 Å². The highest BCUT2D eigenvalue weighted by Gasteiger charge is 2.35. The van der Waals surface area contributed by atoms with Crippen molar-refractivity contribution in [1.29, 1.82) is 0 Å². The first-order chi connectivity index (χ1) is 12.1. The summed E-state index contributed by atoms with van der Waals surface area (Å²) < 4.78 is 39.5. The predicted octanol–water partition coefficient (Wildman–Crippen LogP) is 5.55. The molecule has 0 atom stereocenters. The lowest BCUT2D eigenvalue weighted by molar-refractivity contribution is -0.385. The number of halogens is 3. The number of rotatable bonds is 4. The summed E-state index contributed by atoms with van der Waals surface area (Å²) in [6, 6.07) is 9.76. The largest absolute Gasteiger partial charge is 0.418 e. The van der Waals surface area contributed by atoms with E-state index >= 15 is 0 Å². The van der Waals surface area contributed by atoms with E-state index in [1.54, 1.807) is 12.1 Å². The molecule has 5 nitrogen and oxygen atoms in total. The van der Waals surface area contributed by atoms with Gasteiger partial charge in [0.15, 0.2) is 5.11 Å². The van der Waals surface area contributed by atoms with Crippen LogP contribution in [0.3, 0.4) is 0 Å². The lowest BCUT2D eigenvalue weighted by Gasteiger charge is -2.16. The quantitative estimate of drug-likeness (QED) is 0.412. The molecule has 26 heavy (non-hydrogen) atoms. The van der Waals surface area contributed by atoms with Crippen molar-refractivity contribution < 1.29 is 18.1 Å². The fourth-order valence-electron chi connectivity index (χ4n) is 2.23. The molecule has 0 aliphatic carbocycles. The standard InChI is InChI=1S/C17H16F3N3O2S/c1-10(2)11-3-5-12(6-4-11)21-16(26)22-15-8-7-13(23(24)25)9-14(15)17(18,19)20/h3-10H,1-2H3,(H2,21,22,26). The normalized spacial score (nSPS) is 11.3. The molecule has 0 saturated carbocycles. The molecule has 0 amide bonds. The molecule has 0 heterocycles. The Balaban J connectivity index is 2.19. The first kappa shape index (κ1) is 19.6. The van der Waals surface area contributed by atoms with E-state index in [0.717, 1.165) is 17.7 Å². The SMILES string of the molecule is CC(C)c1ccc(NC(=S)Nc2ccc([N+](=O)[O-])cc2C(F)(F)F)cc1. The van der Waals surface area contributed by atoms with Gasteiger partial charge in [0.25, 0.3) is 5.69 Å². The van der Waals surface area contributed by atoms with Gasteiger partial charge in [0, 0.05) is 17.8 Å². The van der Waals surface area contributed by atoms with E-state index in [9.17, 15) is 23.3 Å². The Morgan fingerprint density at radius 1 is 1.12 bits per heavy atom. The topological polar surface area (TPSA) is 67.2 Å². The summed E-state index contributed by atoms with van der Waals surface area (Å²) in [5.41, 5.74) is -0.442. The minimum Gasteiger partial charge on any atom is -0.332 e. The zero-order valence-corrected chi connectivity index (χ0v) is 14.7. The minimum atomic E-state index is -4.76. The van der Waals surface area contributed by atoms with Crippen LogP contribution in [0.25, 0.3) is 0 Å². The van der Waals surface area contributed by atoms with Crippen LogP contribution in [0, 0.1) is 10.1 Å². The third-order valence-corrected chi connectivity index (χ3v) is 3.81. The lowest BCUT2D eigenvalue weighted by Crippen LogP contribution is -2.21. The summed E-state index contributed by atoms with van der Waals surface area (Å²) in [6.07, 6.45) is -4.76. The van der Waals surface area contributed by atoms with Crippen LogP contribution in [0.1, 0.15) is 30.9 Å². The molecule has 138 valence electrons. The van der Waals surface area contributed by atoms with E-state index in [-0.39, 0.29) is 10.8 Å². The summed E-state index contributed by atoms with van der Waals surface area (Å²) in [4.78, 5) is 9.83. The number of nitrogens with one attached hydrogen (secondary N) is 2. The van der Waals surface area contributed by atoms with Crippen LogP contribution in [-0.4, -0.2) is 10.0 Å². The van der Waals surface area contributed by atoms with Crippen molar-refractivity contribution in [2.75, 3.05) is 10.6 Å². The number of nitro groups is 1. The van der Waals surface area contributed by atoms with Gasteiger partial charge in [0.05, 0.1) is 16.2 Å². The molecule has 2 aromatic rings. The van der Waals surface area contributed by atoms with Gasteiger partial charge in [-0.05, 0) is 41.9 Å². The number of non-ortho nitro benzene ring substituents is 1. The van der Waals surface area contributed by atoms with Gasteiger partial charge in [0.1, 0.15) is 0 Å². The number of hydrogen-bond acceptors (Lipinski definition) is 3. The van der Waals surface area contributed by atoms with Gasteiger partial charge >= 0.3 is 6.18 Å². The maximum atomic E-state index is 13.2. The Bertz CT molecular complexity index is 821. The van der Waals surface area contributed by atoms with Crippen molar-refractivity contribution in [2.45, 2.75) is 25.9 Å². The fraction of sp³-hybridized carbons (Fsp3) is 0.235. The molecule has 0 radical (unpaired) electrons. The molecule has 0 saturated heterocycles. The smallest absolute Gasteiger partial charge is 0.332 e. The Hall–Kier alpha value is -2.68. The number of benzene rings is 2. The van der Waals surface area contributed by atoms with E-state index in [4.69, 9.17) is 12.2 Å². The van der Waals surface area contributed by atoms with E-state index in [0.29, 0.717) is 17.7 Å². The molecule has 2 N–H and O–H groups in total. The van der Waals surface area contributed by atoms with Crippen LogP contribution < -0.4 is 10.6 Å². The van der Waals surface area contributed by atoms with Crippen LogP contribution in [0.5, 0.6) is 0 Å². The molecule has 2 aromatic carbocycles. The van der Waals surface area contributed by atoms with Crippen molar-refractivity contribution in [2.24, 2.45) is 0 Å². The maximum Gasteiger partial charge on any atom is 0.418 e. The summed E-state index contributed by atoms with van der Waals surface area (Å²) >= 11 is 5.05. The molecule has 0 fully saturated rings. The second-order valence-corrected chi connectivity index (χ2v) is 6.25. The second kappa shape index (κ2) is 7.69. The average molecular weight is 383 g/mol. The van der Waals surface area contributed by atoms with Crippen molar-refractivity contribution in [3.05, 3.63) is 63.7 Å². The molecule has 0 aliphatic rings. The second-order valence-electron chi connectivity index (χ2n) is 5.84. The van der Waals surface area contributed by atoms with Gasteiger partial charge in [-0.2, -0.15) is 13.2 Å². The molecule has 0 unspecified atom stereocenters. The van der Waals surface area contributed by atoms with Crippen LogP contribution in [0.15, 0.2) is 42.5 Å². The highest BCUT2D eigenvalue weighted by Crippen LogP contribution is 2.37. The first-order valence-electron chi connectivity index (χ1n) is 7.61. The zero-order valence-electron chi connectivity index (χ0n) is 13.9. The first-order valence-corrected chi connectivity index (χ1v) is 8.02. The molecular weight excluding hydrogens is 367 g/mol. The summed E-state index contributed by atoms with van der Waals surface area (Å²) in [5, 5.41) is 15.9. The van der Waals surface area contributed by atoms with E-state index < -0.39 is 22.4 Å². The highest BCUT2D eigenvalue weighted by molar-refractivity contribution is 7.80. The van der Waals surface area contributed by atoms with Crippen LogP contribution in [0.2, 0.25) is 0 Å². The zero-order chi connectivity index (χ0) is 19.5. The molecule has 0 bridgehead atoms. The maximum absolute atomic E-state index is 13.2. The molecule has 0 aromatic heterocycles. The average Bonchev–Trinajstić information content (AvgIpc) is 2.54. The van der Waals surface area contributed by atoms with Gasteiger partial charge in [-0.3, -0.25) is 10.1 Å². The van der Waals surface area contributed by atoms with Crippen molar-refractivity contribution in [1.82, 2.24) is 0 Å². The van der Waals surface area contributed by atoms with E-state index in [2.05, 4.69) is 10.6 Å². The molecule has 0 aliphatic heterocycles. The van der Waals surface area contributed by atoms with Crippen LogP contribution >= 0.6 is 12.2 Å². The van der Waals surface area contributed by atoms with Crippen LogP contribution in [0.4, 0.5) is 30.2 Å². The van der Waals surface area contributed by atoms with Gasteiger partial charge < -0.3 is 10.6 Å². The monoisotopic (exact) mass is 383 g/mol. The Labute approximate surface area is 153 Å². The predicted molar refractivity (Wildman–Crippen MR) is 98.5 cm³/mol. The molecular formula is C17H16F3N3O2S. The van der Waals surface area contributed by atoms with E-state index in [1.807, 2.05) is 26.0 Å². The Morgan fingerprint density at radius 2 is 1.73 bits per heavy atom. The van der Waals surface area contributed by atoms with Gasteiger partial charge in [-0.1, -0.05) is 26.0 Å². The van der Waals surface area contributed by atoms with Gasteiger partial charge in [-0.15, -0.1) is 0 Å². The van der Waals surface area contributed by atoms with Crippen molar-refractivity contribution in [3.8, 4) is 0 Å². The number of anilines is 2. The number of nitro benzene ring substituents is 1. The van der Waals surface area contributed by atoms with Gasteiger partial charge in [0.2, 0.25) is 0 Å². The Kier molecular flexibility index (Phi) is 5.81. The summed E-state index contributed by atoms with van der Waals surface area (Å²) in [5.74, 6) is 0.351. The third kappa shape index (κ3) is 4.92. The highest BCUT2D eigenvalue weighted by atomic mass is 32.1. The number of thiocarbonyl (C=S) groups is 1. The van der Waals surface area contributed by atoms with Crippen molar-refractivity contribution in [3.63, 3.8) is 0 Å². The van der Waals surface area contributed by atoms with Crippen molar-refractivity contribution >= 4 is 34.4 Å². The van der Waals surface area contributed by atoms with E-state index in [1.165, 1.54) is 0 Å². The fourth-order valence-corrected chi connectivity index (χ4v) is 2.45. The minimum absolute atomic E-state index is 0.0540. The number of alkyl halides is 3. The molecule has 0 spiro atoms. The summed E-state index contributed by atoms with van der Waals surface area (Å²) in [7, 11) is 0. The molecule has 9 heteroatoms. The number of hydrogen-bond donors (Lipinski definition) is 2. The Morgan fingerprint density at radius 3 is 2.23 bits per heavy atom. The third-order valence-electron chi connectivity index (χ3n) is 3.60. The number of nitrogens with zero attached hydrogens (tertiary/aromatic N) is 1. The summed E-state index contributed by atoms with van der Waals surface area (Å²) in [6.45, 7) is 4.09. The molecule has 2 rings (SSSR count). The lowest BCUT2D eigenvalue weighted by atomic mass is 10.0. The van der Waals surface area contributed by atoms with Gasteiger partial charge in [-0.25, -0.2) is 0 Å².